The topological polar surface area (TPSA) is 85.8 Å². The zero-order valence-corrected chi connectivity index (χ0v) is 16.5. The second-order valence-electron chi connectivity index (χ2n) is 6.53. The molecular weight excluding hydrogens is 409 g/mol. The van der Waals surface area contributed by atoms with E-state index in [0.717, 1.165) is 5.56 Å². The molecule has 0 fully saturated rings. The Bertz CT molecular complexity index is 1160. The Morgan fingerprint density at radius 1 is 1.13 bits per heavy atom. The van der Waals surface area contributed by atoms with Crippen molar-refractivity contribution >= 4 is 23.3 Å². The van der Waals surface area contributed by atoms with E-state index in [0.29, 0.717) is 34.7 Å². The van der Waals surface area contributed by atoms with E-state index in [1.807, 2.05) is 24.3 Å². The lowest BCUT2D eigenvalue weighted by Crippen LogP contribution is -2.16. The molecule has 0 aliphatic rings. The number of anilines is 1. The summed E-state index contributed by atoms with van der Waals surface area (Å²) < 4.78 is 19.9. The molecule has 0 bridgehead atoms. The van der Waals surface area contributed by atoms with Gasteiger partial charge in [0, 0.05) is 29.5 Å². The second kappa shape index (κ2) is 8.87. The van der Waals surface area contributed by atoms with E-state index in [1.54, 1.807) is 29.1 Å². The quantitative estimate of drug-likeness (QED) is 0.476. The molecule has 9 heteroatoms. The van der Waals surface area contributed by atoms with Crippen LogP contribution < -0.4 is 5.32 Å². The van der Waals surface area contributed by atoms with Gasteiger partial charge in [-0.2, -0.15) is 10.1 Å². The third kappa shape index (κ3) is 4.72. The maximum Gasteiger partial charge on any atom is 0.227 e. The molecule has 0 aliphatic heterocycles. The number of benzene rings is 2. The van der Waals surface area contributed by atoms with Crippen LogP contribution in [0.4, 0.5) is 10.2 Å². The first kappa shape index (κ1) is 19.8. The van der Waals surface area contributed by atoms with Gasteiger partial charge in [-0.1, -0.05) is 35.0 Å². The van der Waals surface area contributed by atoms with Crippen LogP contribution in [0, 0.1) is 5.82 Å². The van der Waals surface area contributed by atoms with Gasteiger partial charge in [0.2, 0.25) is 17.6 Å². The number of carbonyl (C=O) groups excluding carboxylic acids is 1. The number of nitrogens with zero attached hydrogens (tertiary/aromatic N) is 4. The maximum absolute atomic E-state index is 13.0. The zero-order chi connectivity index (χ0) is 20.9. The Kier molecular flexibility index (Phi) is 5.85. The molecule has 0 aliphatic carbocycles. The number of hydrogen-bond acceptors (Lipinski definition) is 5. The van der Waals surface area contributed by atoms with E-state index in [9.17, 15) is 9.18 Å². The molecular formula is C21H17ClFN5O2. The number of carbonyl (C=O) groups is 1. The van der Waals surface area contributed by atoms with Crippen LogP contribution in [-0.4, -0.2) is 25.8 Å². The molecule has 4 aromatic rings. The largest absolute Gasteiger partial charge is 0.339 e. The molecule has 4 rings (SSSR count). The number of rotatable bonds is 7. The van der Waals surface area contributed by atoms with Gasteiger partial charge in [0.05, 0.1) is 12.7 Å². The van der Waals surface area contributed by atoms with Crippen molar-refractivity contribution < 1.29 is 13.7 Å². The van der Waals surface area contributed by atoms with Gasteiger partial charge in [0.1, 0.15) is 11.6 Å². The summed E-state index contributed by atoms with van der Waals surface area (Å²) in [6.07, 6.45) is 2.04. The fourth-order valence-corrected chi connectivity index (χ4v) is 3.05. The van der Waals surface area contributed by atoms with Crippen molar-refractivity contribution in [2.75, 3.05) is 5.32 Å². The first-order valence-electron chi connectivity index (χ1n) is 9.22. The molecule has 152 valence electrons. The lowest BCUT2D eigenvalue weighted by molar-refractivity contribution is -0.116. The number of amides is 1. The van der Waals surface area contributed by atoms with Gasteiger partial charge < -0.3 is 9.84 Å². The molecule has 2 aromatic carbocycles. The maximum atomic E-state index is 13.0. The van der Waals surface area contributed by atoms with E-state index < -0.39 is 0 Å². The van der Waals surface area contributed by atoms with Crippen molar-refractivity contribution in [1.82, 2.24) is 19.9 Å². The highest BCUT2D eigenvalue weighted by molar-refractivity contribution is 6.31. The number of nitrogens with one attached hydrogen (secondary N) is 1. The molecule has 7 nitrogen and oxygen atoms in total. The molecule has 0 saturated carbocycles. The van der Waals surface area contributed by atoms with E-state index >= 15 is 0 Å². The van der Waals surface area contributed by atoms with E-state index in [1.165, 1.54) is 12.1 Å². The predicted molar refractivity (Wildman–Crippen MR) is 109 cm³/mol. The van der Waals surface area contributed by atoms with Crippen LogP contribution in [0.25, 0.3) is 11.4 Å². The minimum Gasteiger partial charge on any atom is -0.339 e. The van der Waals surface area contributed by atoms with Crippen molar-refractivity contribution in [3.63, 3.8) is 0 Å². The lowest BCUT2D eigenvalue weighted by Gasteiger charge is -2.09. The van der Waals surface area contributed by atoms with Gasteiger partial charge in [-0.3, -0.25) is 4.79 Å². The van der Waals surface area contributed by atoms with Gasteiger partial charge in [-0.25, -0.2) is 9.07 Å². The van der Waals surface area contributed by atoms with Crippen molar-refractivity contribution in [3.05, 3.63) is 83.1 Å². The summed E-state index contributed by atoms with van der Waals surface area (Å²) >= 11 is 6.20. The molecule has 0 radical (unpaired) electrons. The third-order valence-corrected chi connectivity index (χ3v) is 4.77. The molecule has 0 saturated heterocycles. The molecule has 0 atom stereocenters. The van der Waals surface area contributed by atoms with Crippen molar-refractivity contribution in [1.29, 1.82) is 0 Å². The Hall–Kier alpha value is -3.52. The van der Waals surface area contributed by atoms with Gasteiger partial charge in [-0.15, -0.1) is 0 Å². The van der Waals surface area contributed by atoms with E-state index in [2.05, 4.69) is 20.6 Å². The average Bonchev–Trinajstić information content (AvgIpc) is 3.39. The first-order valence-corrected chi connectivity index (χ1v) is 9.60. The van der Waals surface area contributed by atoms with Crippen LogP contribution in [-0.2, 0) is 17.8 Å². The van der Waals surface area contributed by atoms with Gasteiger partial charge >= 0.3 is 0 Å². The zero-order valence-electron chi connectivity index (χ0n) is 15.8. The second-order valence-corrected chi connectivity index (χ2v) is 6.94. The summed E-state index contributed by atoms with van der Waals surface area (Å²) in [4.78, 5) is 16.6. The Balaban J connectivity index is 1.34. The highest BCUT2D eigenvalue weighted by atomic mass is 35.5. The van der Waals surface area contributed by atoms with Crippen molar-refractivity contribution in [3.8, 4) is 11.4 Å². The average molecular weight is 426 g/mol. The van der Waals surface area contributed by atoms with Crippen LogP contribution in [0.1, 0.15) is 17.9 Å². The highest BCUT2D eigenvalue weighted by Gasteiger charge is 2.13. The number of aryl methyl sites for hydroxylation is 1. The Labute approximate surface area is 176 Å². The van der Waals surface area contributed by atoms with Crippen LogP contribution in [0.15, 0.2) is 65.3 Å². The summed E-state index contributed by atoms with van der Waals surface area (Å²) in [6.45, 7) is 0.437. The van der Waals surface area contributed by atoms with E-state index in [-0.39, 0.29) is 24.6 Å². The molecule has 0 spiro atoms. The number of hydrogen-bond donors (Lipinski definition) is 1. The summed E-state index contributed by atoms with van der Waals surface area (Å²) in [6, 6.07) is 15.0. The molecule has 1 amide bonds. The molecule has 0 unspecified atom stereocenters. The van der Waals surface area contributed by atoms with Gasteiger partial charge in [0.25, 0.3) is 0 Å². The summed E-state index contributed by atoms with van der Waals surface area (Å²) in [5.74, 6) is 0.695. The fraction of sp³-hybridized carbons (Fsp3) is 0.143. The normalized spacial score (nSPS) is 10.9. The van der Waals surface area contributed by atoms with Crippen LogP contribution in [0.2, 0.25) is 5.02 Å². The van der Waals surface area contributed by atoms with Crippen molar-refractivity contribution in [2.24, 2.45) is 0 Å². The van der Waals surface area contributed by atoms with Crippen LogP contribution in [0.5, 0.6) is 0 Å². The molecule has 30 heavy (non-hydrogen) atoms. The predicted octanol–water partition coefficient (Wildman–Crippen LogP) is 4.35. The van der Waals surface area contributed by atoms with Crippen molar-refractivity contribution in [2.45, 2.75) is 19.4 Å². The highest BCUT2D eigenvalue weighted by Crippen LogP contribution is 2.19. The minimum absolute atomic E-state index is 0.155. The minimum atomic E-state index is -0.340. The summed E-state index contributed by atoms with van der Waals surface area (Å²) in [5.41, 5.74) is 1.54. The first-order chi connectivity index (χ1) is 14.6. The SMILES string of the molecule is O=C(CCc1nc(-c2ccc(F)cc2)no1)Nc1ccnn1Cc1ccccc1Cl. The number of aromatic nitrogens is 4. The van der Waals surface area contributed by atoms with Gasteiger partial charge in [0.15, 0.2) is 0 Å². The monoisotopic (exact) mass is 425 g/mol. The van der Waals surface area contributed by atoms with Gasteiger partial charge in [-0.05, 0) is 35.9 Å². The Morgan fingerprint density at radius 2 is 1.93 bits per heavy atom. The molecule has 2 heterocycles. The molecule has 2 aromatic heterocycles. The van der Waals surface area contributed by atoms with E-state index in [4.69, 9.17) is 16.1 Å². The third-order valence-electron chi connectivity index (χ3n) is 4.40. The fourth-order valence-electron chi connectivity index (χ4n) is 2.85. The summed E-state index contributed by atoms with van der Waals surface area (Å²) in [5, 5.41) is 11.6. The van der Waals surface area contributed by atoms with Crippen LogP contribution >= 0.6 is 11.6 Å². The Morgan fingerprint density at radius 3 is 2.73 bits per heavy atom. The standard InChI is InChI=1S/C21H17ClFN5O2/c22-17-4-2-1-3-15(17)13-28-18(11-12-24-28)25-19(29)9-10-20-26-21(27-30-20)14-5-7-16(23)8-6-14/h1-8,11-12H,9-10,13H2,(H,25,29). The smallest absolute Gasteiger partial charge is 0.227 e. The number of halogens is 2. The van der Waals surface area contributed by atoms with Crippen LogP contribution in [0.3, 0.4) is 0 Å². The lowest BCUT2D eigenvalue weighted by atomic mass is 10.2. The summed E-state index contributed by atoms with van der Waals surface area (Å²) in [7, 11) is 0. The molecule has 1 N–H and O–H groups in total.